The van der Waals surface area contributed by atoms with Gasteiger partial charge in [0, 0.05) is 18.5 Å². The van der Waals surface area contributed by atoms with Crippen LogP contribution in [-0.2, 0) is 6.42 Å². The molecule has 2 rings (SSSR count). The molecule has 1 atom stereocenters. The second kappa shape index (κ2) is 7.17. The van der Waals surface area contributed by atoms with Gasteiger partial charge >= 0.3 is 0 Å². The number of unbranched alkanes of at least 4 members (excludes halogenated alkanes) is 2. The van der Waals surface area contributed by atoms with Crippen molar-refractivity contribution in [2.24, 2.45) is 0 Å². The molecule has 0 aliphatic carbocycles. The van der Waals surface area contributed by atoms with Crippen molar-refractivity contribution >= 4 is 0 Å². The molecule has 1 aliphatic heterocycles. The Balaban J connectivity index is 1.85. The van der Waals surface area contributed by atoms with E-state index in [-0.39, 0.29) is 11.7 Å². The first-order valence-electron chi connectivity index (χ1n) is 8.20. The molecule has 3 heteroatoms. The van der Waals surface area contributed by atoms with Gasteiger partial charge in [0.25, 0.3) is 0 Å². The molecular formula is C18H29NO2. The van der Waals surface area contributed by atoms with Gasteiger partial charge in [0.2, 0.25) is 0 Å². The molecule has 21 heavy (non-hydrogen) atoms. The van der Waals surface area contributed by atoms with Crippen LogP contribution in [-0.4, -0.2) is 24.8 Å². The second-order valence-corrected chi connectivity index (χ2v) is 6.62. The van der Waals surface area contributed by atoms with E-state index >= 15 is 0 Å². The van der Waals surface area contributed by atoms with Crippen molar-refractivity contribution < 1.29 is 9.47 Å². The van der Waals surface area contributed by atoms with E-state index in [2.05, 4.69) is 45.1 Å². The fourth-order valence-electron chi connectivity index (χ4n) is 2.74. The van der Waals surface area contributed by atoms with E-state index in [1.54, 1.807) is 0 Å². The highest BCUT2D eigenvalue weighted by atomic mass is 16.5. The van der Waals surface area contributed by atoms with Crippen LogP contribution in [0, 0.1) is 0 Å². The van der Waals surface area contributed by atoms with Crippen molar-refractivity contribution in [3.63, 3.8) is 0 Å². The number of hydrogen-bond donors (Lipinski definition) is 1. The van der Waals surface area contributed by atoms with E-state index in [1.807, 2.05) is 6.07 Å². The summed E-state index contributed by atoms with van der Waals surface area (Å²) >= 11 is 0. The first-order chi connectivity index (χ1) is 10.0. The third-order valence-corrected chi connectivity index (χ3v) is 3.77. The highest BCUT2D eigenvalue weighted by molar-refractivity contribution is 5.50. The van der Waals surface area contributed by atoms with Gasteiger partial charge in [0.05, 0.1) is 0 Å². The van der Waals surface area contributed by atoms with Crippen molar-refractivity contribution in [3.05, 3.63) is 23.8 Å². The molecule has 0 saturated heterocycles. The second-order valence-electron chi connectivity index (χ2n) is 6.62. The Morgan fingerprint density at radius 1 is 1.33 bits per heavy atom. The van der Waals surface area contributed by atoms with Gasteiger partial charge in [-0.1, -0.05) is 31.9 Å². The van der Waals surface area contributed by atoms with Gasteiger partial charge in [-0.3, -0.25) is 0 Å². The summed E-state index contributed by atoms with van der Waals surface area (Å²) < 4.78 is 12.1. The van der Waals surface area contributed by atoms with Crippen LogP contribution >= 0.6 is 0 Å². The largest absolute Gasteiger partial charge is 0.485 e. The predicted molar refractivity (Wildman–Crippen MR) is 87.3 cm³/mol. The number of fused-ring (bicyclic) bond motifs is 1. The van der Waals surface area contributed by atoms with Crippen molar-refractivity contribution in [2.45, 2.75) is 65.1 Å². The number of nitrogens with one attached hydrogen (secondary N) is 1. The summed E-state index contributed by atoms with van der Waals surface area (Å²) in [5, 5.41) is 3.46. The van der Waals surface area contributed by atoms with E-state index < -0.39 is 0 Å². The average Bonchev–Trinajstić information content (AvgIpc) is 2.74. The van der Waals surface area contributed by atoms with Crippen molar-refractivity contribution in [1.82, 2.24) is 5.32 Å². The van der Waals surface area contributed by atoms with Gasteiger partial charge in [0.1, 0.15) is 11.7 Å². The summed E-state index contributed by atoms with van der Waals surface area (Å²) in [4.78, 5) is 0. The summed E-state index contributed by atoms with van der Waals surface area (Å²) in [6.45, 7) is 10.5. The summed E-state index contributed by atoms with van der Waals surface area (Å²) in [6.07, 6.45) is 4.88. The first kappa shape index (κ1) is 16.2. The highest BCUT2D eigenvalue weighted by Crippen LogP contribution is 2.41. The lowest BCUT2D eigenvalue weighted by Gasteiger charge is -2.20. The molecule has 0 amide bonds. The maximum Gasteiger partial charge on any atom is 0.165 e. The van der Waals surface area contributed by atoms with Crippen LogP contribution < -0.4 is 14.8 Å². The zero-order chi connectivity index (χ0) is 15.3. The standard InChI is InChI=1S/C18H29NO2/c1-5-6-7-11-19-13-14(2)20-16-10-8-9-15-12-18(3,4)21-17(15)16/h8-10,14,19H,5-7,11-13H2,1-4H3. The van der Waals surface area contributed by atoms with E-state index in [0.29, 0.717) is 0 Å². The average molecular weight is 291 g/mol. The summed E-state index contributed by atoms with van der Waals surface area (Å²) in [6, 6.07) is 6.19. The molecular weight excluding hydrogens is 262 g/mol. The Labute approximate surface area is 129 Å². The van der Waals surface area contributed by atoms with Crippen LogP contribution in [0.25, 0.3) is 0 Å². The minimum atomic E-state index is -0.122. The van der Waals surface area contributed by atoms with Gasteiger partial charge in [-0.15, -0.1) is 0 Å². The summed E-state index contributed by atoms with van der Waals surface area (Å²) in [5.74, 6) is 1.81. The van der Waals surface area contributed by atoms with Gasteiger partial charge in [-0.2, -0.15) is 0 Å². The lowest BCUT2D eigenvalue weighted by Crippen LogP contribution is -2.30. The Morgan fingerprint density at radius 2 is 2.14 bits per heavy atom. The highest BCUT2D eigenvalue weighted by Gasteiger charge is 2.32. The van der Waals surface area contributed by atoms with Gasteiger partial charge in [-0.05, 0) is 39.8 Å². The zero-order valence-corrected chi connectivity index (χ0v) is 13.9. The molecule has 0 bridgehead atoms. The van der Waals surface area contributed by atoms with Crippen LogP contribution in [0.3, 0.4) is 0 Å². The zero-order valence-electron chi connectivity index (χ0n) is 13.9. The molecule has 1 aliphatic rings. The lowest BCUT2D eigenvalue weighted by molar-refractivity contribution is 0.126. The smallest absolute Gasteiger partial charge is 0.165 e. The Hall–Kier alpha value is -1.22. The van der Waals surface area contributed by atoms with Gasteiger partial charge in [0.15, 0.2) is 11.5 Å². The number of rotatable bonds is 8. The summed E-state index contributed by atoms with van der Waals surface area (Å²) in [5.41, 5.74) is 1.13. The minimum Gasteiger partial charge on any atom is -0.485 e. The van der Waals surface area contributed by atoms with Crippen LogP contribution in [0.2, 0.25) is 0 Å². The fourth-order valence-corrected chi connectivity index (χ4v) is 2.74. The minimum absolute atomic E-state index is 0.122. The molecule has 0 fully saturated rings. The van der Waals surface area contributed by atoms with E-state index in [1.165, 1.54) is 24.8 Å². The number of benzene rings is 1. The van der Waals surface area contributed by atoms with Crippen LogP contribution in [0.5, 0.6) is 11.5 Å². The molecule has 0 radical (unpaired) electrons. The molecule has 3 nitrogen and oxygen atoms in total. The van der Waals surface area contributed by atoms with Gasteiger partial charge in [-0.25, -0.2) is 0 Å². The van der Waals surface area contributed by atoms with Crippen molar-refractivity contribution in [3.8, 4) is 11.5 Å². The van der Waals surface area contributed by atoms with Crippen molar-refractivity contribution in [2.75, 3.05) is 13.1 Å². The summed E-state index contributed by atoms with van der Waals surface area (Å²) in [7, 11) is 0. The molecule has 118 valence electrons. The third-order valence-electron chi connectivity index (χ3n) is 3.77. The fraction of sp³-hybridized carbons (Fsp3) is 0.667. The first-order valence-corrected chi connectivity index (χ1v) is 8.20. The Morgan fingerprint density at radius 3 is 2.90 bits per heavy atom. The molecule has 1 aromatic carbocycles. The molecule has 1 aromatic rings. The number of hydrogen-bond acceptors (Lipinski definition) is 3. The Kier molecular flexibility index (Phi) is 5.51. The topological polar surface area (TPSA) is 30.5 Å². The van der Waals surface area contributed by atoms with E-state index in [0.717, 1.165) is 31.0 Å². The molecule has 1 heterocycles. The maximum atomic E-state index is 6.07. The number of ether oxygens (including phenoxy) is 2. The molecule has 0 spiro atoms. The monoisotopic (exact) mass is 291 g/mol. The van der Waals surface area contributed by atoms with Crippen LogP contribution in [0.1, 0.15) is 52.5 Å². The normalized spacial score (nSPS) is 17.1. The molecule has 1 unspecified atom stereocenters. The molecule has 0 aromatic heterocycles. The SMILES string of the molecule is CCCCCNCC(C)Oc1cccc2c1OC(C)(C)C2. The third kappa shape index (κ3) is 4.63. The van der Waals surface area contributed by atoms with Crippen LogP contribution in [0.4, 0.5) is 0 Å². The van der Waals surface area contributed by atoms with Crippen molar-refractivity contribution in [1.29, 1.82) is 0 Å². The Bertz CT molecular complexity index is 457. The molecule has 0 saturated carbocycles. The van der Waals surface area contributed by atoms with Crippen LogP contribution in [0.15, 0.2) is 18.2 Å². The maximum absolute atomic E-state index is 6.07. The quantitative estimate of drug-likeness (QED) is 0.736. The van der Waals surface area contributed by atoms with E-state index in [4.69, 9.17) is 9.47 Å². The van der Waals surface area contributed by atoms with Gasteiger partial charge < -0.3 is 14.8 Å². The lowest BCUT2D eigenvalue weighted by atomic mass is 10.0. The number of para-hydroxylation sites is 1. The molecule has 1 N–H and O–H groups in total. The predicted octanol–water partition coefficient (Wildman–Crippen LogP) is 3.95. The van der Waals surface area contributed by atoms with E-state index in [9.17, 15) is 0 Å².